The maximum absolute atomic E-state index is 6.20. The summed E-state index contributed by atoms with van der Waals surface area (Å²) in [7, 11) is 1.72. The molecule has 2 rings (SSSR count). The van der Waals surface area contributed by atoms with Gasteiger partial charge in [-0.3, -0.25) is 0 Å². The van der Waals surface area contributed by atoms with Crippen LogP contribution in [0.15, 0.2) is 30.3 Å². The summed E-state index contributed by atoms with van der Waals surface area (Å²) in [5.41, 5.74) is 7.27. The van der Waals surface area contributed by atoms with Crippen LogP contribution >= 0.6 is 11.3 Å². The second-order valence-corrected chi connectivity index (χ2v) is 5.78. The molecule has 1 aromatic carbocycles. The first-order chi connectivity index (χ1) is 9.20. The summed E-state index contributed by atoms with van der Waals surface area (Å²) in [6, 6.07) is 9.78. The molecule has 0 saturated heterocycles. The highest BCUT2D eigenvalue weighted by Gasteiger charge is 2.15. The highest BCUT2D eigenvalue weighted by molar-refractivity contribution is 7.11. The number of rotatable bonds is 6. The molecular weight excluding hydrogens is 258 g/mol. The van der Waals surface area contributed by atoms with Crippen molar-refractivity contribution in [1.29, 1.82) is 0 Å². The van der Waals surface area contributed by atoms with E-state index in [0.717, 1.165) is 28.6 Å². The van der Waals surface area contributed by atoms with E-state index in [1.165, 1.54) is 0 Å². The third-order valence-corrected chi connectivity index (χ3v) is 3.91. The van der Waals surface area contributed by atoms with Gasteiger partial charge in [0.25, 0.3) is 0 Å². The molecule has 4 nitrogen and oxygen atoms in total. The molecule has 0 fully saturated rings. The number of hydrogen-bond donors (Lipinski definition) is 1. The fraction of sp³-hybridized carbons (Fsp3) is 0.429. The van der Waals surface area contributed by atoms with Crippen LogP contribution in [0.5, 0.6) is 0 Å². The van der Waals surface area contributed by atoms with Crippen molar-refractivity contribution in [2.75, 3.05) is 13.7 Å². The van der Waals surface area contributed by atoms with Gasteiger partial charge in [0.2, 0.25) is 0 Å². The zero-order valence-electron chi connectivity index (χ0n) is 11.2. The minimum Gasteiger partial charge on any atom is -0.384 e. The van der Waals surface area contributed by atoms with Crippen molar-refractivity contribution >= 4 is 11.3 Å². The van der Waals surface area contributed by atoms with Crippen molar-refractivity contribution in [2.24, 2.45) is 11.7 Å². The normalized spacial score (nSPS) is 14.3. The van der Waals surface area contributed by atoms with Crippen LogP contribution in [0.1, 0.15) is 28.5 Å². The Balaban J connectivity index is 2.04. The van der Waals surface area contributed by atoms with Gasteiger partial charge in [-0.1, -0.05) is 48.6 Å². The van der Waals surface area contributed by atoms with Crippen molar-refractivity contribution in [3.8, 4) is 0 Å². The maximum atomic E-state index is 6.20. The van der Waals surface area contributed by atoms with Gasteiger partial charge in [-0.15, -0.1) is 10.2 Å². The lowest BCUT2D eigenvalue weighted by atomic mass is 10.1. The van der Waals surface area contributed by atoms with E-state index in [1.807, 2.05) is 30.3 Å². The minimum atomic E-state index is -0.190. The molecule has 2 N–H and O–H groups in total. The Morgan fingerprint density at radius 2 is 2.00 bits per heavy atom. The number of nitrogens with zero attached hydrogens (tertiary/aromatic N) is 2. The summed E-state index contributed by atoms with van der Waals surface area (Å²) in [6.45, 7) is 2.88. The molecule has 5 heteroatoms. The quantitative estimate of drug-likeness (QED) is 0.881. The third kappa shape index (κ3) is 3.83. The van der Waals surface area contributed by atoms with E-state index < -0.39 is 0 Å². The minimum absolute atomic E-state index is 0.190. The van der Waals surface area contributed by atoms with Gasteiger partial charge in [-0.25, -0.2) is 0 Å². The number of aromatic nitrogens is 2. The van der Waals surface area contributed by atoms with Crippen LogP contribution in [0.2, 0.25) is 0 Å². The lowest BCUT2D eigenvalue weighted by Gasteiger charge is -2.07. The zero-order valence-corrected chi connectivity index (χ0v) is 12.1. The van der Waals surface area contributed by atoms with Gasteiger partial charge in [0.15, 0.2) is 0 Å². The van der Waals surface area contributed by atoms with Crippen molar-refractivity contribution in [3.63, 3.8) is 0 Å². The van der Waals surface area contributed by atoms with Crippen LogP contribution < -0.4 is 5.73 Å². The summed E-state index contributed by atoms with van der Waals surface area (Å²) in [4.78, 5) is 0. The summed E-state index contributed by atoms with van der Waals surface area (Å²) in [6.07, 6.45) is 0.882. The molecule has 1 aromatic heterocycles. The second-order valence-electron chi connectivity index (χ2n) is 4.69. The van der Waals surface area contributed by atoms with Gasteiger partial charge in [-0.2, -0.15) is 0 Å². The third-order valence-electron chi connectivity index (χ3n) is 2.88. The van der Waals surface area contributed by atoms with E-state index in [1.54, 1.807) is 18.4 Å². The van der Waals surface area contributed by atoms with Gasteiger partial charge >= 0.3 is 0 Å². The summed E-state index contributed by atoms with van der Waals surface area (Å²) >= 11 is 1.59. The zero-order chi connectivity index (χ0) is 13.7. The average molecular weight is 277 g/mol. The molecule has 0 saturated carbocycles. The maximum Gasteiger partial charge on any atom is 0.138 e. The Morgan fingerprint density at radius 1 is 1.26 bits per heavy atom. The van der Waals surface area contributed by atoms with E-state index in [2.05, 4.69) is 17.1 Å². The largest absolute Gasteiger partial charge is 0.384 e. The molecule has 102 valence electrons. The molecule has 1 heterocycles. The lowest BCUT2D eigenvalue weighted by Crippen LogP contribution is -2.11. The number of nitrogens with two attached hydrogens (primary N) is 1. The highest BCUT2D eigenvalue weighted by atomic mass is 32.1. The van der Waals surface area contributed by atoms with Crippen molar-refractivity contribution in [1.82, 2.24) is 10.2 Å². The first-order valence-corrected chi connectivity index (χ1v) is 7.14. The molecule has 0 aliphatic heterocycles. The van der Waals surface area contributed by atoms with E-state index in [-0.39, 0.29) is 6.04 Å². The topological polar surface area (TPSA) is 61.0 Å². The van der Waals surface area contributed by atoms with E-state index >= 15 is 0 Å². The molecular formula is C14H19N3OS. The molecule has 0 amide bonds. The molecule has 19 heavy (non-hydrogen) atoms. The summed E-state index contributed by atoms with van der Waals surface area (Å²) < 4.78 is 5.13. The van der Waals surface area contributed by atoms with Crippen LogP contribution in [0.3, 0.4) is 0 Å². The highest BCUT2D eigenvalue weighted by Crippen LogP contribution is 2.23. The van der Waals surface area contributed by atoms with Crippen LogP contribution in [-0.2, 0) is 11.2 Å². The predicted molar refractivity (Wildman–Crippen MR) is 77.1 cm³/mol. The van der Waals surface area contributed by atoms with Crippen LogP contribution in [0, 0.1) is 5.92 Å². The van der Waals surface area contributed by atoms with Gasteiger partial charge in [-0.05, 0) is 11.5 Å². The molecule has 0 aliphatic rings. The average Bonchev–Trinajstić information content (AvgIpc) is 2.87. The number of benzene rings is 1. The molecule has 2 aromatic rings. The van der Waals surface area contributed by atoms with E-state index in [4.69, 9.17) is 10.5 Å². The summed E-state index contributed by atoms with van der Waals surface area (Å²) in [5, 5.41) is 10.3. The Kier molecular flexibility index (Phi) is 5.01. The summed E-state index contributed by atoms with van der Waals surface area (Å²) in [5.74, 6) is 0.443. The number of methoxy groups -OCH3 is 1. The smallest absolute Gasteiger partial charge is 0.138 e. The Labute approximate surface area is 117 Å². The van der Waals surface area contributed by atoms with Crippen LogP contribution in [0.4, 0.5) is 0 Å². The van der Waals surface area contributed by atoms with Crippen LogP contribution in [0.25, 0.3) is 0 Å². The molecule has 0 bridgehead atoms. The molecule has 0 spiro atoms. The standard InChI is InChI=1S/C14H19N3OS/c1-10(9-18-2)8-12-16-17-14(19-12)13(15)11-6-4-3-5-7-11/h3-7,10,13H,8-9,15H2,1-2H3. The SMILES string of the molecule is COCC(C)Cc1nnc(C(N)c2ccccc2)s1. The predicted octanol–water partition coefficient (Wildman–Crippen LogP) is 2.41. The van der Waals surface area contributed by atoms with Gasteiger partial charge < -0.3 is 10.5 Å². The van der Waals surface area contributed by atoms with Gasteiger partial charge in [0, 0.05) is 20.1 Å². The van der Waals surface area contributed by atoms with Crippen molar-refractivity contribution in [3.05, 3.63) is 45.9 Å². The molecule has 2 unspecified atom stereocenters. The second kappa shape index (κ2) is 6.75. The Bertz CT molecular complexity index is 500. The van der Waals surface area contributed by atoms with Crippen LogP contribution in [-0.4, -0.2) is 23.9 Å². The lowest BCUT2D eigenvalue weighted by molar-refractivity contribution is 0.159. The number of ether oxygens (including phenoxy) is 1. The monoisotopic (exact) mass is 277 g/mol. The van der Waals surface area contributed by atoms with Crippen molar-refractivity contribution < 1.29 is 4.74 Å². The molecule has 0 aliphatic carbocycles. The Morgan fingerprint density at radius 3 is 2.68 bits per heavy atom. The first kappa shape index (κ1) is 14.1. The van der Waals surface area contributed by atoms with E-state index in [9.17, 15) is 0 Å². The molecule has 2 atom stereocenters. The first-order valence-electron chi connectivity index (χ1n) is 6.32. The molecule has 0 radical (unpaired) electrons. The Hall–Kier alpha value is -1.30. The fourth-order valence-corrected chi connectivity index (χ4v) is 2.95. The van der Waals surface area contributed by atoms with Crippen molar-refractivity contribution in [2.45, 2.75) is 19.4 Å². The van der Waals surface area contributed by atoms with E-state index in [0.29, 0.717) is 5.92 Å². The number of hydrogen-bond acceptors (Lipinski definition) is 5. The fourth-order valence-electron chi connectivity index (χ4n) is 1.92. The van der Waals surface area contributed by atoms with Gasteiger partial charge in [0.1, 0.15) is 10.0 Å². The van der Waals surface area contributed by atoms with Gasteiger partial charge in [0.05, 0.1) is 6.04 Å².